The van der Waals surface area contributed by atoms with Crippen molar-refractivity contribution >= 4 is 11.3 Å². The van der Waals surface area contributed by atoms with E-state index in [9.17, 15) is 0 Å². The Kier molecular flexibility index (Phi) is 2.42. The highest BCUT2D eigenvalue weighted by molar-refractivity contribution is 7.09. The summed E-state index contributed by atoms with van der Waals surface area (Å²) in [5.74, 6) is 0. The third-order valence-corrected chi connectivity index (χ3v) is 2.60. The second-order valence-electron chi connectivity index (χ2n) is 2.74. The molecule has 0 atom stereocenters. The zero-order valence-electron chi connectivity index (χ0n) is 7.37. The third kappa shape index (κ3) is 1.79. The Morgan fingerprint density at radius 3 is 3.23 bits per heavy atom. The summed E-state index contributed by atoms with van der Waals surface area (Å²) < 4.78 is 0. The Balaban J connectivity index is 2.23. The molecule has 2 aromatic heterocycles. The molecule has 0 aliphatic carbocycles. The maximum Gasteiger partial charge on any atom is 0.107 e. The molecule has 2 N–H and O–H groups in total. The van der Waals surface area contributed by atoms with Crippen LogP contribution in [-0.4, -0.2) is 17.0 Å². The van der Waals surface area contributed by atoms with Crippen LogP contribution in [0.25, 0.3) is 11.4 Å². The Hall–Kier alpha value is -1.13. The molecule has 0 saturated carbocycles. The van der Waals surface area contributed by atoms with E-state index >= 15 is 0 Å². The molecule has 0 radical (unpaired) electrons. The molecular weight excluding hydrogens is 182 g/mol. The first-order chi connectivity index (χ1) is 6.40. The molecule has 0 unspecified atom stereocenters. The van der Waals surface area contributed by atoms with Gasteiger partial charge in [0.25, 0.3) is 0 Å². The molecule has 0 amide bonds. The van der Waals surface area contributed by atoms with E-state index in [1.165, 1.54) is 0 Å². The van der Waals surface area contributed by atoms with Crippen molar-refractivity contribution in [2.24, 2.45) is 0 Å². The number of hydrogen-bond donors (Lipinski definition) is 2. The third-order valence-electron chi connectivity index (χ3n) is 1.75. The Bertz CT molecular complexity index is 364. The summed E-state index contributed by atoms with van der Waals surface area (Å²) in [6.07, 6.45) is 1.91. The van der Waals surface area contributed by atoms with Crippen molar-refractivity contribution in [2.75, 3.05) is 7.05 Å². The van der Waals surface area contributed by atoms with Gasteiger partial charge in [-0.25, -0.2) is 4.98 Å². The van der Waals surface area contributed by atoms with Gasteiger partial charge in [0.1, 0.15) is 5.01 Å². The van der Waals surface area contributed by atoms with Crippen molar-refractivity contribution < 1.29 is 0 Å². The fourth-order valence-electron chi connectivity index (χ4n) is 1.16. The number of nitrogens with one attached hydrogen (secondary N) is 2. The molecular formula is C9H11N3S. The molecule has 0 aromatic carbocycles. The van der Waals surface area contributed by atoms with Gasteiger partial charge in [-0.15, -0.1) is 11.3 Å². The van der Waals surface area contributed by atoms with E-state index in [4.69, 9.17) is 0 Å². The molecule has 2 heterocycles. The molecule has 0 aliphatic rings. The Morgan fingerprint density at radius 1 is 1.62 bits per heavy atom. The predicted molar refractivity (Wildman–Crippen MR) is 54.7 cm³/mol. The van der Waals surface area contributed by atoms with Gasteiger partial charge in [0.05, 0.1) is 11.4 Å². The highest BCUT2D eigenvalue weighted by Gasteiger charge is 2.03. The molecule has 2 rings (SSSR count). The van der Waals surface area contributed by atoms with Crippen LogP contribution in [0.1, 0.15) is 5.01 Å². The predicted octanol–water partition coefficient (Wildman–Crippen LogP) is 1.86. The van der Waals surface area contributed by atoms with Crippen molar-refractivity contribution in [3.8, 4) is 11.4 Å². The number of hydrogen-bond acceptors (Lipinski definition) is 3. The molecule has 68 valence electrons. The normalized spacial score (nSPS) is 10.5. The summed E-state index contributed by atoms with van der Waals surface area (Å²) in [6.45, 7) is 0.839. The van der Waals surface area contributed by atoms with Gasteiger partial charge in [-0.2, -0.15) is 0 Å². The highest BCUT2D eigenvalue weighted by atomic mass is 32.1. The van der Waals surface area contributed by atoms with Crippen LogP contribution in [0.5, 0.6) is 0 Å². The molecule has 0 bridgehead atoms. The van der Waals surface area contributed by atoms with Crippen LogP contribution in [0.15, 0.2) is 23.7 Å². The van der Waals surface area contributed by atoms with Gasteiger partial charge in [0, 0.05) is 18.1 Å². The van der Waals surface area contributed by atoms with E-state index in [1.54, 1.807) is 11.3 Å². The second kappa shape index (κ2) is 3.72. The van der Waals surface area contributed by atoms with Crippen LogP contribution in [0.2, 0.25) is 0 Å². The molecule has 0 fully saturated rings. The lowest BCUT2D eigenvalue weighted by Gasteiger charge is -1.91. The molecule has 3 nitrogen and oxygen atoms in total. The number of aromatic amines is 1. The average Bonchev–Trinajstić information content (AvgIpc) is 2.70. The van der Waals surface area contributed by atoms with Crippen molar-refractivity contribution in [1.29, 1.82) is 0 Å². The molecule has 13 heavy (non-hydrogen) atoms. The first-order valence-electron chi connectivity index (χ1n) is 4.13. The monoisotopic (exact) mass is 193 g/mol. The largest absolute Gasteiger partial charge is 0.360 e. The fourth-order valence-corrected chi connectivity index (χ4v) is 1.96. The van der Waals surface area contributed by atoms with E-state index in [2.05, 4.69) is 20.7 Å². The molecule has 0 spiro atoms. The zero-order chi connectivity index (χ0) is 9.10. The number of aromatic nitrogens is 2. The van der Waals surface area contributed by atoms with E-state index in [-0.39, 0.29) is 0 Å². The molecule has 0 aliphatic heterocycles. The van der Waals surface area contributed by atoms with Gasteiger partial charge < -0.3 is 10.3 Å². The molecule has 2 aromatic rings. The van der Waals surface area contributed by atoms with Gasteiger partial charge in [0.15, 0.2) is 0 Å². The number of H-pyrrole nitrogens is 1. The van der Waals surface area contributed by atoms with Gasteiger partial charge in [-0.1, -0.05) is 0 Å². The molecule has 0 saturated heterocycles. The number of rotatable bonds is 3. The second-order valence-corrected chi connectivity index (χ2v) is 3.68. The van der Waals surface area contributed by atoms with Crippen LogP contribution in [-0.2, 0) is 6.54 Å². The van der Waals surface area contributed by atoms with Crippen LogP contribution < -0.4 is 5.32 Å². The van der Waals surface area contributed by atoms with E-state index in [1.807, 2.05) is 25.4 Å². The van der Waals surface area contributed by atoms with Gasteiger partial charge in [-0.05, 0) is 19.2 Å². The Morgan fingerprint density at radius 2 is 2.54 bits per heavy atom. The van der Waals surface area contributed by atoms with Crippen molar-refractivity contribution in [1.82, 2.24) is 15.3 Å². The number of thiazole rings is 1. The standard InChI is InChI=1S/C9H11N3S/c1-10-5-9-12-8(6-13-9)7-3-2-4-11-7/h2-4,6,10-11H,5H2,1H3. The topological polar surface area (TPSA) is 40.7 Å². The van der Waals surface area contributed by atoms with Gasteiger partial charge in [0.2, 0.25) is 0 Å². The summed E-state index contributed by atoms with van der Waals surface area (Å²) in [4.78, 5) is 7.60. The summed E-state index contributed by atoms with van der Waals surface area (Å²) in [5, 5.41) is 6.27. The summed E-state index contributed by atoms with van der Waals surface area (Å²) in [7, 11) is 1.93. The first kappa shape index (κ1) is 8.47. The lowest BCUT2D eigenvalue weighted by atomic mass is 10.3. The van der Waals surface area contributed by atoms with Gasteiger partial charge in [-0.3, -0.25) is 0 Å². The van der Waals surface area contributed by atoms with Crippen molar-refractivity contribution in [2.45, 2.75) is 6.54 Å². The van der Waals surface area contributed by atoms with Crippen LogP contribution in [0.3, 0.4) is 0 Å². The highest BCUT2D eigenvalue weighted by Crippen LogP contribution is 2.19. The summed E-state index contributed by atoms with van der Waals surface area (Å²) in [5.41, 5.74) is 2.11. The average molecular weight is 193 g/mol. The molecule has 4 heteroatoms. The maximum atomic E-state index is 4.47. The minimum atomic E-state index is 0.839. The Labute approximate surface area is 80.8 Å². The van der Waals surface area contributed by atoms with Gasteiger partial charge >= 0.3 is 0 Å². The first-order valence-corrected chi connectivity index (χ1v) is 5.01. The minimum Gasteiger partial charge on any atom is -0.360 e. The van der Waals surface area contributed by atoms with Crippen molar-refractivity contribution in [3.05, 3.63) is 28.7 Å². The lowest BCUT2D eigenvalue weighted by molar-refractivity contribution is 0.810. The van der Waals surface area contributed by atoms with Crippen LogP contribution >= 0.6 is 11.3 Å². The fraction of sp³-hybridized carbons (Fsp3) is 0.222. The van der Waals surface area contributed by atoms with E-state index < -0.39 is 0 Å². The maximum absolute atomic E-state index is 4.47. The summed E-state index contributed by atoms with van der Waals surface area (Å²) in [6, 6.07) is 4.00. The van der Waals surface area contributed by atoms with Crippen molar-refractivity contribution in [3.63, 3.8) is 0 Å². The van der Waals surface area contributed by atoms with E-state index in [0.717, 1.165) is 22.9 Å². The SMILES string of the molecule is CNCc1nc(-c2ccc[nH]2)cs1. The van der Waals surface area contributed by atoms with E-state index in [0.29, 0.717) is 0 Å². The number of nitrogens with zero attached hydrogens (tertiary/aromatic N) is 1. The minimum absolute atomic E-state index is 0.839. The summed E-state index contributed by atoms with van der Waals surface area (Å²) >= 11 is 1.68. The lowest BCUT2D eigenvalue weighted by Crippen LogP contribution is -2.04. The van der Waals surface area contributed by atoms with Crippen LogP contribution in [0.4, 0.5) is 0 Å². The van der Waals surface area contributed by atoms with Crippen LogP contribution in [0, 0.1) is 0 Å². The smallest absolute Gasteiger partial charge is 0.107 e. The zero-order valence-corrected chi connectivity index (χ0v) is 8.19. The quantitative estimate of drug-likeness (QED) is 0.781.